The normalized spacial score (nSPS) is 12.5. The van der Waals surface area contributed by atoms with Crippen LogP contribution in [0.15, 0.2) is 0 Å². The molecule has 1 heterocycles. The Morgan fingerprint density at radius 3 is 2.82 bits per heavy atom. The summed E-state index contributed by atoms with van der Waals surface area (Å²) in [4.78, 5) is 16.6. The minimum Gasteiger partial charge on any atom is -0.462 e. The molecule has 0 saturated carbocycles. The van der Waals surface area contributed by atoms with Gasteiger partial charge in [0.1, 0.15) is 4.88 Å². The van der Waals surface area contributed by atoms with E-state index in [0.717, 1.165) is 30.0 Å². The van der Waals surface area contributed by atoms with Crippen LogP contribution in [-0.4, -0.2) is 23.6 Å². The number of nitrogens with zero attached hydrogens (tertiary/aromatic N) is 1. The number of aromatic nitrogens is 1. The van der Waals surface area contributed by atoms with Crippen molar-refractivity contribution in [1.82, 2.24) is 4.98 Å². The maximum Gasteiger partial charge on any atom is 0.350 e. The number of carbonyl (C=O) groups excluding carboxylic acids is 1. The molecule has 0 aliphatic rings. The average molecular weight is 256 g/mol. The monoisotopic (exact) mass is 256 g/mol. The maximum atomic E-state index is 11.6. The Hall–Kier alpha value is -0.940. The largest absolute Gasteiger partial charge is 0.462 e. The summed E-state index contributed by atoms with van der Waals surface area (Å²) >= 11 is 1.40. The molecule has 0 saturated heterocycles. The fraction of sp³-hybridized carbons (Fsp3) is 0.667. The second-order valence-corrected chi connectivity index (χ2v) is 5.08. The fourth-order valence-corrected chi connectivity index (χ4v) is 2.67. The lowest BCUT2D eigenvalue weighted by atomic mass is 10.1. The van der Waals surface area contributed by atoms with E-state index < -0.39 is 0 Å². The van der Waals surface area contributed by atoms with E-state index in [1.54, 1.807) is 6.92 Å². The first kappa shape index (κ1) is 14.1. The van der Waals surface area contributed by atoms with E-state index in [0.29, 0.717) is 11.5 Å². The zero-order chi connectivity index (χ0) is 12.8. The zero-order valence-electron chi connectivity index (χ0n) is 10.7. The Bertz CT molecular complexity index is 377. The van der Waals surface area contributed by atoms with Crippen molar-refractivity contribution < 1.29 is 9.53 Å². The molecular weight excluding hydrogens is 236 g/mol. The van der Waals surface area contributed by atoms with Crippen LogP contribution in [0.4, 0.5) is 0 Å². The van der Waals surface area contributed by atoms with Crippen molar-refractivity contribution >= 4 is 17.3 Å². The average Bonchev–Trinajstić information content (AvgIpc) is 2.60. The van der Waals surface area contributed by atoms with Crippen LogP contribution >= 0.6 is 11.3 Å². The van der Waals surface area contributed by atoms with E-state index in [-0.39, 0.29) is 12.0 Å². The Morgan fingerprint density at radius 2 is 2.24 bits per heavy atom. The molecule has 17 heavy (non-hydrogen) atoms. The predicted octanol–water partition coefficient (Wildman–Crippen LogP) is 2.30. The highest BCUT2D eigenvalue weighted by molar-refractivity contribution is 7.13. The first-order valence-electron chi connectivity index (χ1n) is 5.97. The van der Waals surface area contributed by atoms with E-state index in [2.05, 4.69) is 11.9 Å². The summed E-state index contributed by atoms with van der Waals surface area (Å²) in [5, 5.41) is 0.923. The summed E-state index contributed by atoms with van der Waals surface area (Å²) in [6.07, 6.45) is 2.78. The maximum absolute atomic E-state index is 11.6. The molecule has 0 aliphatic carbocycles. The Labute approximate surface area is 106 Å². The van der Waals surface area contributed by atoms with Crippen LogP contribution < -0.4 is 5.73 Å². The number of rotatable bonds is 6. The number of carbonyl (C=O) groups is 1. The van der Waals surface area contributed by atoms with Gasteiger partial charge in [-0.2, -0.15) is 0 Å². The minimum atomic E-state index is -0.280. The van der Waals surface area contributed by atoms with Crippen molar-refractivity contribution in [2.45, 2.75) is 46.1 Å². The molecule has 1 atom stereocenters. The second-order valence-electron chi connectivity index (χ2n) is 4.00. The molecule has 1 rings (SSSR count). The Kier molecular flexibility index (Phi) is 5.58. The molecule has 0 fully saturated rings. The van der Waals surface area contributed by atoms with Gasteiger partial charge in [0.05, 0.1) is 17.3 Å². The molecule has 0 amide bonds. The SMILES string of the molecule is CCCC(N)Cc1nc(C)c(C(=O)OCC)s1. The summed E-state index contributed by atoms with van der Waals surface area (Å²) in [5.41, 5.74) is 6.70. The number of ether oxygens (including phenoxy) is 1. The van der Waals surface area contributed by atoms with Crippen molar-refractivity contribution in [3.63, 3.8) is 0 Å². The smallest absolute Gasteiger partial charge is 0.350 e. The van der Waals surface area contributed by atoms with Gasteiger partial charge in [0.2, 0.25) is 0 Å². The third-order valence-corrected chi connectivity index (χ3v) is 3.56. The molecule has 2 N–H and O–H groups in total. The van der Waals surface area contributed by atoms with Gasteiger partial charge in [-0.05, 0) is 20.3 Å². The molecular formula is C12H20N2O2S. The number of nitrogens with two attached hydrogens (primary N) is 1. The van der Waals surface area contributed by atoms with E-state index >= 15 is 0 Å². The quantitative estimate of drug-likeness (QED) is 0.793. The van der Waals surface area contributed by atoms with Crippen molar-refractivity contribution in [3.8, 4) is 0 Å². The van der Waals surface area contributed by atoms with Gasteiger partial charge in [-0.25, -0.2) is 9.78 Å². The van der Waals surface area contributed by atoms with Crippen molar-refractivity contribution in [3.05, 3.63) is 15.6 Å². The van der Waals surface area contributed by atoms with E-state index in [1.165, 1.54) is 11.3 Å². The summed E-state index contributed by atoms with van der Waals surface area (Å²) in [5.74, 6) is -0.280. The molecule has 0 bridgehead atoms. The number of thiazole rings is 1. The van der Waals surface area contributed by atoms with Gasteiger partial charge in [-0.3, -0.25) is 0 Å². The van der Waals surface area contributed by atoms with Gasteiger partial charge in [0.25, 0.3) is 0 Å². The van der Waals surface area contributed by atoms with Crippen LogP contribution in [0.2, 0.25) is 0 Å². The van der Waals surface area contributed by atoms with Gasteiger partial charge < -0.3 is 10.5 Å². The molecule has 4 nitrogen and oxygen atoms in total. The fourth-order valence-electron chi connectivity index (χ4n) is 1.62. The first-order valence-corrected chi connectivity index (χ1v) is 6.79. The van der Waals surface area contributed by atoms with Gasteiger partial charge in [0, 0.05) is 12.5 Å². The van der Waals surface area contributed by atoms with Crippen molar-refractivity contribution in [2.75, 3.05) is 6.61 Å². The third-order valence-electron chi connectivity index (χ3n) is 2.40. The van der Waals surface area contributed by atoms with Crippen LogP contribution in [0, 0.1) is 6.92 Å². The van der Waals surface area contributed by atoms with Crippen LogP contribution in [0.3, 0.4) is 0 Å². The lowest BCUT2D eigenvalue weighted by Crippen LogP contribution is -2.22. The molecule has 1 aromatic rings. The standard InChI is InChI=1S/C12H20N2O2S/c1-4-6-9(13)7-10-14-8(3)11(17-10)12(15)16-5-2/h9H,4-7,13H2,1-3H3. The second kappa shape index (κ2) is 6.71. The molecule has 5 heteroatoms. The lowest BCUT2D eigenvalue weighted by molar-refractivity contribution is 0.0531. The van der Waals surface area contributed by atoms with Crippen molar-refractivity contribution in [1.29, 1.82) is 0 Å². The Balaban J connectivity index is 2.70. The molecule has 0 aliphatic heterocycles. The molecule has 0 aromatic carbocycles. The van der Waals surface area contributed by atoms with E-state index in [4.69, 9.17) is 10.5 Å². The Morgan fingerprint density at radius 1 is 1.53 bits per heavy atom. The highest BCUT2D eigenvalue weighted by atomic mass is 32.1. The van der Waals surface area contributed by atoms with Crippen LogP contribution in [0.5, 0.6) is 0 Å². The van der Waals surface area contributed by atoms with Gasteiger partial charge in [-0.1, -0.05) is 13.3 Å². The highest BCUT2D eigenvalue weighted by Gasteiger charge is 2.17. The van der Waals surface area contributed by atoms with E-state index in [9.17, 15) is 4.79 Å². The van der Waals surface area contributed by atoms with Gasteiger partial charge in [-0.15, -0.1) is 11.3 Å². The molecule has 0 spiro atoms. The van der Waals surface area contributed by atoms with Gasteiger partial charge in [0.15, 0.2) is 0 Å². The summed E-state index contributed by atoms with van der Waals surface area (Å²) in [6.45, 7) is 6.13. The minimum absolute atomic E-state index is 0.126. The molecule has 1 aromatic heterocycles. The molecule has 0 radical (unpaired) electrons. The number of hydrogen-bond acceptors (Lipinski definition) is 5. The van der Waals surface area contributed by atoms with Crippen LogP contribution in [0.25, 0.3) is 0 Å². The third kappa shape index (κ3) is 4.09. The molecule has 1 unspecified atom stereocenters. The molecule has 96 valence electrons. The lowest BCUT2D eigenvalue weighted by Gasteiger charge is -2.06. The number of aryl methyl sites for hydroxylation is 1. The van der Waals surface area contributed by atoms with Crippen molar-refractivity contribution in [2.24, 2.45) is 5.73 Å². The first-order chi connectivity index (χ1) is 8.08. The van der Waals surface area contributed by atoms with Crippen LogP contribution in [0.1, 0.15) is 47.1 Å². The zero-order valence-corrected chi connectivity index (χ0v) is 11.5. The predicted molar refractivity (Wildman–Crippen MR) is 69.4 cm³/mol. The van der Waals surface area contributed by atoms with E-state index in [1.807, 2.05) is 6.92 Å². The summed E-state index contributed by atoms with van der Waals surface area (Å²) in [7, 11) is 0. The topological polar surface area (TPSA) is 65.2 Å². The summed E-state index contributed by atoms with van der Waals surface area (Å²) in [6, 6.07) is 0.126. The van der Waals surface area contributed by atoms with Gasteiger partial charge >= 0.3 is 5.97 Å². The number of esters is 1. The number of hydrogen-bond donors (Lipinski definition) is 1. The van der Waals surface area contributed by atoms with Crippen LogP contribution in [-0.2, 0) is 11.2 Å². The highest BCUT2D eigenvalue weighted by Crippen LogP contribution is 2.20. The summed E-state index contributed by atoms with van der Waals surface area (Å²) < 4.78 is 4.97.